The van der Waals surface area contributed by atoms with Gasteiger partial charge in [-0.25, -0.2) is 0 Å². The van der Waals surface area contributed by atoms with Crippen LogP contribution < -0.4 is 10.6 Å². The zero-order chi connectivity index (χ0) is 17.4. The van der Waals surface area contributed by atoms with E-state index < -0.39 is 0 Å². The van der Waals surface area contributed by atoms with E-state index in [0.29, 0.717) is 6.04 Å². The van der Waals surface area contributed by atoms with Gasteiger partial charge in [-0.1, -0.05) is 25.5 Å². The fourth-order valence-corrected chi connectivity index (χ4v) is 3.13. The predicted octanol–water partition coefficient (Wildman–Crippen LogP) is 1.54. The lowest BCUT2D eigenvalue weighted by Gasteiger charge is -2.34. The Kier molecular flexibility index (Phi) is 7.56. The minimum atomic E-state index is 0.0865. The molecule has 0 spiro atoms. The van der Waals surface area contributed by atoms with Crippen molar-refractivity contribution in [2.45, 2.75) is 45.6 Å². The molecule has 2 heterocycles. The third kappa shape index (κ3) is 5.82. The lowest BCUT2D eigenvalue weighted by Crippen LogP contribution is -2.50. The Labute approximate surface area is 145 Å². The van der Waals surface area contributed by atoms with Crippen molar-refractivity contribution in [3.63, 3.8) is 0 Å². The van der Waals surface area contributed by atoms with Crippen LogP contribution in [-0.4, -0.2) is 62.7 Å². The van der Waals surface area contributed by atoms with Crippen LogP contribution in [0.2, 0.25) is 0 Å². The summed E-state index contributed by atoms with van der Waals surface area (Å²) < 4.78 is 5.33. The number of rotatable bonds is 5. The molecule has 0 aliphatic carbocycles. The highest BCUT2D eigenvalue weighted by Crippen LogP contribution is 2.13. The highest BCUT2D eigenvalue weighted by molar-refractivity contribution is 5.80. The SMILES string of the molecule is CN=C(NCCC1=CCOCC1)NC1CCN(C(=O)C(C)C)CC1. The number of amides is 1. The Morgan fingerprint density at radius 1 is 1.42 bits per heavy atom. The first kappa shape index (κ1) is 18.8. The number of hydrogen-bond acceptors (Lipinski definition) is 3. The van der Waals surface area contributed by atoms with E-state index in [2.05, 4.69) is 21.7 Å². The third-order valence-corrected chi connectivity index (χ3v) is 4.66. The summed E-state index contributed by atoms with van der Waals surface area (Å²) in [7, 11) is 1.81. The summed E-state index contributed by atoms with van der Waals surface area (Å²) in [6.07, 6.45) is 6.20. The van der Waals surface area contributed by atoms with E-state index in [9.17, 15) is 4.79 Å². The molecule has 2 aliphatic rings. The van der Waals surface area contributed by atoms with Crippen LogP contribution in [0.1, 0.15) is 39.5 Å². The highest BCUT2D eigenvalue weighted by Gasteiger charge is 2.24. The van der Waals surface area contributed by atoms with Crippen molar-refractivity contribution in [2.24, 2.45) is 10.9 Å². The Balaban J connectivity index is 1.68. The highest BCUT2D eigenvalue weighted by atomic mass is 16.5. The zero-order valence-electron chi connectivity index (χ0n) is 15.3. The predicted molar refractivity (Wildman–Crippen MR) is 97.1 cm³/mol. The molecule has 24 heavy (non-hydrogen) atoms. The van der Waals surface area contributed by atoms with Gasteiger partial charge in [-0.15, -0.1) is 0 Å². The first-order valence-corrected chi connectivity index (χ1v) is 9.11. The number of likely N-dealkylation sites (tertiary alicyclic amines) is 1. The smallest absolute Gasteiger partial charge is 0.225 e. The molecule has 0 aromatic heterocycles. The van der Waals surface area contributed by atoms with Crippen LogP contribution in [0.3, 0.4) is 0 Å². The van der Waals surface area contributed by atoms with Gasteiger partial charge in [0.25, 0.3) is 0 Å². The van der Waals surface area contributed by atoms with Crippen LogP contribution in [0.15, 0.2) is 16.6 Å². The maximum atomic E-state index is 12.0. The fourth-order valence-electron chi connectivity index (χ4n) is 3.13. The molecule has 6 nitrogen and oxygen atoms in total. The second-order valence-corrected chi connectivity index (χ2v) is 6.83. The molecule has 1 fully saturated rings. The molecule has 0 atom stereocenters. The first-order chi connectivity index (χ1) is 11.6. The van der Waals surface area contributed by atoms with Gasteiger partial charge in [-0.2, -0.15) is 0 Å². The number of guanidine groups is 1. The molecule has 0 aromatic carbocycles. The van der Waals surface area contributed by atoms with E-state index in [-0.39, 0.29) is 11.8 Å². The van der Waals surface area contributed by atoms with E-state index in [0.717, 1.165) is 64.5 Å². The summed E-state index contributed by atoms with van der Waals surface area (Å²) in [4.78, 5) is 18.3. The Morgan fingerprint density at radius 2 is 2.17 bits per heavy atom. The molecule has 2 rings (SSSR count). The van der Waals surface area contributed by atoms with E-state index in [4.69, 9.17) is 4.74 Å². The number of piperidine rings is 1. The maximum Gasteiger partial charge on any atom is 0.225 e. The summed E-state index contributed by atoms with van der Waals surface area (Å²) in [5.74, 6) is 1.21. The Hall–Kier alpha value is -1.56. The number of carbonyl (C=O) groups is 1. The number of aliphatic imine (C=N–C) groups is 1. The quantitative estimate of drug-likeness (QED) is 0.454. The van der Waals surface area contributed by atoms with Gasteiger partial charge in [0.15, 0.2) is 5.96 Å². The summed E-state index contributed by atoms with van der Waals surface area (Å²) in [6, 6.07) is 0.384. The topological polar surface area (TPSA) is 66.0 Å². The van der Waals surface area contributed by atoms with E-state index in [1.807, 2.05) is 18.7 Å². The van der Waals surface area contributed by atoms with Gasteiger partial charge in [0, 0.05) is 38.6 Å². The molecular formula is C18H32N4O2. The Morgan fingerprint density at radius 3 is 2.75 bits per heavy atom. The van der Waals surface area contributed by atoms with Crippen molar-refractivity contribution in [3.05, 3.63) is 11.6 Å². The zero-order valence-corrected chi connectivity index (χ0v) is 15.3. The van der Waals surface area contributed by atoms with Crippen LogP contribution >= 0.6 is 0 Å². The van der Waals surface area contributed by atoms with Crippen molar-refractivity contribution in [2.75, 3.05) is 39.9 Å². The number of hydrogen-bond donors (Lipinski definition) is 2. The van der Waals surface area contributed by atoms with Gasteiger partial charge >= 0.3 is 0 Å². The molecule has 0 unspecified atom stereocenters. The fraction of sp³-hybridized carbons (Fsp3) is 0.778. The number of carbonyl (C=O) groups excluding carboxylic acids is 1. The molecule has 1 amide bonds. The second kappa shape index (κ2) is 9.67. The van der Waals surface area contributed by atoms with Crippen molar-refractivity contribution in [1.29, 1.82) is 0 Å². The summed E-state index contributed by atoms with van der Waals surface area (Å²) in [5.41, 5.74) is 1.46. The lowest BCUT2D eigenvalue weighted by atomic mass is 10.0. The van der Waals surface area contributed by atoms with Gasteiger partial charge in [0.1, 0.15) is 0 Å². The van der Waals surface area contributed by atoms with Gasteiger partial charge in [-0.05, 0) is 25.7 Å². The van der Waals surface area contributed by atoms with Gasteiger partial charge in [0.05, 0.1) is 13.2 Å². The van der Waals surface area contributed by atoms with E-state index in [1.54, 1.807) is 7.05 Å². The molecule has 0 saturated carbocycles. The molecule has 0 bridgehead atoms. The molecular weight excluding hydrogens is 304 g/mol. The summed E-state index contributed by atoms with van der Waals surface area (Å²) in [5, 5.41) is 6.88. The van der Waals surface area contributed by atoms with Crippen molar-refractivity contribution in [3.8, 4) is 0 Å². The van der Waals surface area contributed by atoms with Crippen LogP contribution in [0.4, 0.5) is 0 Å². The average Bonchev–Trinajstić information content (AvgIpc) is 2.61. The maximum absolute atomic E-state index is 12.0. The van der Waals surface area contributed by atoms with E-state index in [1.165, 1.54) is 5.57 Å². The third-order valence-electron chi connectivity index (χ3n) is 4.66. The monoisotopic (exact) mass is 336 g/mol. The molecule has 2 aliphatic heterocycles. The number of nitrogens with zero attached hydrogens (tertiary/aromatic N) is 2. The molecule has 0 aromatic rings. The largest absolute Gasteiger partial charge is 0.377 e. The summed E-state index contributed by atoms with van der Waals surface area (Å²) in [6.45, 7) is 8.06. The molecule has 136 valence electrons. The first-order valence-electron chi connectivity index (χ1n) is 9.11. The van der Waals surface area contributed by atoms with Crippen molar-refractivity contribution >= 4 is 11.9 Å². The van der Waals surface area contributed by atoms with Crippen LogP contribution in [0.25, 0.3) is 0 Å². The van der Waals surface area contributed by atoms with Gasteiger partial charge < -0.3 is 20.3 Å². The van der Waals surface area contributed by atoms with Gasteiger partial charge in [-0.3, -0.25) is 9.79 Å². The number of ether oxygens (including phenoxy) is 1. The molecule has 1 saturated heterocycles. The molecule has 0 radical (unpaired) electrons. The van der Waals surface area contributed by atoms with Crippen LogP contribution in [-0.2, 0) is 9.53 Å². The Bertz CT molecular complexity index is 466. The molecule has 6 heteroatoms. The van der Waals surface area contributed by atoms with Crippen LogP contribution in [0, 0.1) is 5.92 Å². The van der Waals surface area contributed by atoms with Crippen LogP contribution in [0.5, 0.6) is 0 Å². The second-order valence-electron chi connectivity index (χ2n) is 6.83. The average molecular weight is 336 g/mol. The number of nitrogens with one attached hydrogen (secondary N) is 2. The van der Waals surface area contributed by atoms with Crippen molar-refractivity contribution < 1.29 is 9.53 Å². The summed E-state index contributed by atoms with van der Waals surface area (Å²) >= 11 is 0. The normalized spacial score (nSPS) is 20.1. The van der Waals surface area contributed by atoms with E-state index >= 15 is 0 Å². The lowest BCUT2D eigenvalue weighted by molar-refractivity contribution is -0.135. The van der Waals surface area contributed by atoms with Gasteiger partial charge in [0.2, 0.25) is 5.91 Å². The van der Waals surface area contributed by atoms with Crippen molar-refractivity contribution in [1.82, 2.24) is 15.5 Å². The minimum Gasteiger partial charge on any atom is -0.377 e. The molecule has 2 N–H and O–H groups in total. The standard InChI is InChI=1S/C18H32N4O2/c1-14(2)17(23)22-10-5-16(6-11-22)21-18(19-3)20-9-4-15-7-12-24-13-8-15/h7,14,16H,4-6,8-13H2,1-3H3,(H2,19,20,21). The minimum absolute atomic E-state index is 0.0865.